The minimum atomic E-state index is -0.0895. The van der Waals surface area contributed by atoms with Crippen molar-refractivity contribution in [3.05, 3.63) is 56.4 Å². The van der Waals surface area contributed by atoms with Gasteiger partial charge in [0.1, 0.15) is 17.2 Å². The summed E-state index contributed by atoms with van der Waals surface area (Å²) in [5.41, 5.74) is 0.878. The van der Waals surface area contributed by atoms with E-state index in [0.717, 1.165) is 15.3 Å². The maximum absolute atomic E-state index is 12.7. The summed E-state index contributed by atoms with van der Waals surface area (Å²) in [6.45, 7) is 5.05. The number of halogens is 1. The van der Waals surface area contributed by atoms with Gasteiger partial charge in [-0.25, -0.2) is 4.98 Å². The number of ether oxygens (including phenoxy) is 1. The Hall–Kier alpha value is -2.38. The number of amides is 1. The molecule has 1 amide bonds. The highest BCUT2D eigenvalue weighted by molar-refractivity contribution is 7.18. The quantitative estimate of drug-likeness (QED) is 0.586. The summed E-state index contributed by atoms with van der Waals surface area (Å²) >= 11 is 7.36. The summed E-state index contributed by atoms with van der Waals surface area (Å²) in [7, 11) is 1.73. The molecule has 1 aromatic carbocycles. The van der Waals surface area contributed by atoms with Crippen LogP contribution in [0.3, 0.4) is 0 Å². The van der Waals surface area contributed by atoms with Crippen molar-refractivity contribution in [2.24, 2.45) is 0 Å². The second-order valence-electron chi connectivity index (χ2n) is 6.57. The third-order valence-electron chi connectivity index (χ3n) is 4.66. The second-order valence-corrected chi connectivity index (χ2v) is 8.21. The van der Waals surface area contributed by atoms with E-state index in [2.05, 4.69) is 4.98 Å². The molecule has 0 aliphatic carbocycles. The number of likely N-dealkylation sites (N-methyl/N-ethyl adjacent to an activating group) is 1. The average Bonchev–Trinajstić information content (AvgIpc) is 2.97. The Morgan fingerprint density at radius 1 is 1.29 bits per heavy atom. The fraction of sp³-hybridized carbons (Fsp3) is 0.350. The van der Waals surface area contributed by atoms with Crippen LogP contribution in [0.1, 0.15) is 16.9 Å². The smallest absolute Gasteiger partial charge is 0.262 e. The van der Waals surface area contributed by atoms with Gasteiger partial charge in [-0.15, -0.1) is 11.3 Å². The molecule has 6 nitrogen and oxygen atoms in total. The summed E-state index contributed by atoms with van der Waals surface area (Å²) in [5, 5.41) is 1.30. The average molecular weight is 420 g/mol. The SMILES string of the molecule is Cc1sc2ncn(CCC(=O)N(C)CCOc3ccc(Cl)cc3)c(=O)c2c1C. The Balaban J connectivity index is 1.54. The summed E-state index contributed by atoms with van der Waals surface area (Å²) in [4.78, 5) is 32.8. The Bertz CT molecular complexity index is 1040. The van der Waals surface area contributed by atoms with Crippen LogP contribution in [0.2, 0.25) is 5.02 Å². The standard InChI is InChI=1S/C20H22ClN3O3S/c1-13-14(2)28-19-18(13)20(26)24(12-22-19)9-8-17(25)23(3)10-11-27-16-6-4-15(21)5-7-16/h4-7,12H,8-11H2,1-3H3. The number of rotatable bonds is 7. The number of nitrogens with zero attached hydrogens (tertiary/aromatic N) is 3. The molecule has 8 heteroatoms. The van der Waals surface area contributed by atoms with E-state index in [1.807, 2.05) is 13.8 Å². The number of aryl methyl sites for hydroxylation is 3. The monoisotopic (exact) mass is 419 g/mol. The normalized spacial score (nSPS) is 11.0. The maximum Gasteiger partial charge on any atom is 0.262 e. The molecule has 0 aliphatic rings. The molecule has 3 rings (SSSR count). The van der Waals surface area contributed by atoms with Crippen LogP contribution in [0, 0.1) is 13.8 Å². The van der Waals surface area contributed by atoms with Gasteiger partial charge in [0.25, 0.3) is 5.56 Å². The molecule has 0 spiro atoms. The van der Waals surface area contributed by atoms with Crippen LogP contribution >= 0.6 is 22.9 Å². The Morgan fingerprint density at radius 3 is 2.71 bits per heavy atom. The Kier molecular flexibility index (Phi) is 6.36. The number of benzene rings is 1. The lowest BCUT2D eigenvalue weighted by molar-refractivity contribution is -0.130. The van der Waals surface area contributed by atoms with Crippen molar-refractivity contribution in [2.45, 2.75) is 26.8 Å². The van der Waals surface area contributed by atoms with Gasteiger partial charge in [0.15, 0.2) is 0 Å². The minimum absolute atomic E-state index is 0.0510. The van der Waals surface area contributed by atoms with E-state index < -0.39 is 0 Å². The third-order valence-corrected chi connectivity index (χ3v) is 6.02. The number of hydrogen-bond donors (Lipinski definition) is 0. The van der Waals surface area contributed by atoms with Crippen molar-refractivity contribution in [3.63, 3.8) is 0 Å². The molecule has 0 fully saturated rings. The zero-order chi connectivity index (χ0) is 20.3. The summed E-state index contributed by atoms with van der Waals surface area (Å²) in [6, 6.07) is 7.08. The van der Waals surface area contributed by atoms with Gasteiger partial charge in [0, 0.05) is 29.9 Å². The first kappa shape index (κ1) is 20.4. The Morgan fingerprint density at radius 2 is 2.00 bits per heavy atom. The summed E-state index contributed by atoms with van der Waals surface area (Å²) < 4.78 is 7.12. The van der Waals surface area contributed by atoms with Crippen LogP contribution in [0.5, 0.6) is 5.75 Å². The molecule has 0 saturated carbocycles. The van der Waals surface area contributed by atoms with E-state index in [0.29, 0.717) is 35.9 Å². The first-order valence-corrected chi connectivity index (χ1v) is 10.1. The zero-order valence-corrected chi connectivity index (χ0v) is 17.6. The van der Waals surface area contributed by atoms with Gasteiger partial charge in [-0.3, -0.25) is 14.2 Å². The molecule has 0 bridgehead atoms. The van der Waals surface area contributed by atoms with E-state index >= 15 is 0 Å². The number of hydrogen-bond acceptors (Lipinski definition) is 5. The molecule has 148 valence electrons. The Labute approximate surface area is 172 Å². The van der Waals surface area contributed by atoms with E-state index in [1.165, 1.54) is 22.2 Å². The predicted octanol–water partition coefficient (Wildman–Crippen LogP) is 3.66. The molecule has 0 unspecified atom stereocenters. The largest absolute Gasteiger partial charge is 0.492 e. The molecule has 0 radical (unpaired) electrons. The van der Waals surface area contributed by atoms with Crippen molar-refractivity contribution in [1.82, 2.24) is 14.5 Å². The van der Waals surface area contributed by atoms with Crippen molar-refractivity contribution >= 4 is 39.1 Å². The van der Waals surface area contributed by atoms with E-state index in [1.54, 1.807) is 36.2 Å². The molecule has 2 heterocycles. The molecule has 0 atom stereocenters. The number of aromatic nitrogens is 2. The first-order chi connectivity index (χ1) is 13.4. The number of carbonyl (C=O) groups excluding carboxylic acids is 1. The predicted molar refractivity (Wildman–Crippen MR) is 113 cm³/mol. The fourth-order valence-electron chi connectivity index (χ4n) is 2.79. The van der Waals surface area contributed by atoms with Gasteiger partial charge in [-0.2, -0.15) is 0 Å². The minimum Gasteiger partial charge on any atom is -0.492 e. The molecule has 2 aromatic heterocycles. The van der Waals surface area contributed by atoms with Gasteiger partial charge in [0.2, 0.25) is 5.91 Å². The molecular weight excluding hydrogens is 398 g/mol. The molecule has 0 saturated heterocycles. The molecule has 0 N–H and O–H groups in total. The zero-order valence-electron chi connectivity index (χ0n) is 16.1. The lowest BCUT2D eigenvalue weighted by Crippen LogP contribution is -2.32. The number of thiophene rings is 1. The van der Waals surface area contributed by atoms with Crippen LogP contribution < -0.4 is 10.3 Å². The van der Waals surface area contributed by atoms with Crippen LogP contribution in [-0.2, 0) is 11.3 Å². The van der Waals surface area contributed by atoms with E-state index in [-0.39, 0.29) is 17.9 Å². The second kappa shape index (κ2) is 8.75. The highest BCUT2D eigenvalue weighted by atomic mass is 35.5. The van der Waals surface area contributed by atoms with E-state index in [9.17, 15) is 9.59 Å². The summed E-state index contributed by atoms with van der Waals surface area (Å²) in [5.74, 6) is 0.655. The van der Waals surface area contributed by atoms with Gasteiger partial charge >= 0.3 is 0 Å². The number of carbonyl (C=O) groups is 1. The van der Waals surface area contributed by atoms with E-state index in [4.69, 9.17) is 16.3 Å². The number of fused-ring (bicyclic) bond motifs is 1. The fourth-order valence-corrected chi connectivity index (χ4v) is 3.91. The van der Waals surface area contributed by atoms with Gasteiger partial charge in [-0.1, -0.05) is 11.6 Å². The third kappa shape index (κ3) is 4.54. The van der Waals surface area contributed by atoms with Crippen LogP contribution in [0.25, 0.3) is 10.2 Å². The van der Waals surface area contributed by atoms with Crippen molar-refractivity contribution in [2.75, 3.05) is 20.2 Å². The van der Waals surface area contributed by atoms with Crippen molar-refractivity contribution in [1.29, 1.82) is 0 Å². The van der Waals surface area contributed by atoms with Crippen molar-refractivity contribution in [3.8, 4) is 5.75 Å². The topological polar surface area (TPSA) is 64.4 Å². The van der Waals surface area contributed by atoms with Gasteiger partial charge in [0.05, 0.1) is 18.3 Å². The van der Waals surface area contributed by atoms with Gasteiger partial charge < -0.3 is 9.64 Å². The molecule has 3 aromatic rings. The van der Waals surface area contributed by atoms with Gasteiger partial charge in [-0.05, 0) is 43.7 Å². The molecule has 0 aliphatic heterocycles. The lowest BCUT2D eigenvalue weighted by atomic mass is 10.2. The highest BCUT2D eigenvalue weighted by Gasteiger charge is 2.14. The molecular formula is C20H22ClN3O3S. The first-order valence-electron chi connectivity index (χ1n) is 8.94. The maximum atomic E-state index is 12.7. The van der Waals surface area contributed by atoms with Crippen LogP contribution in [-0.4, -0.2) is 40.6 Å². The molecule has 28 heavy (non-hydrogen) atoms. The summed E-state index contributed by atoms with van der Waals surface area (Å²) in [6.07, 6.45) is 1.75. The highest BCUT2D eigenvalue weighted by Crippen LogP contribution is 2.25. The lowest BCUT2D eigenvalue weighted by Gasteiger charge is -2.18. The van der Waals surface area contributed by atoms with Crippen LogP contribution in [0.4, 0.5) is 0 Å². The van der Waals surface area contributed by atoms with Crippen LogP contribution in [0.15, 0.2) is 35.4 Å². The van der Waals surface area contributed by atoms with Crippen molar-refractivity contribution < 1.29 is 9.53 Å².